The van der Waals surface area contributed by atoms with Gasteiger partial charge in [0, 0.05) is 19.3 Å². The van der Waals surface area contributed by atoms with Crippen molar-refractivity contribution in [3.05, 3.63) is 48.6 Å². The van der Waals surface area contributed by atoms with Crippen LogP contribution < -0.4 is 0 Å². The smallest absolute Gasteiger partial charge is 0.306 e. The first kappa shape index (κ1) is 76.4. The Bertz CT molecular complexity index is 1360. The molecule has 0 aromatic rings. The van der Waals surface area contributed by atoms with Gasteiger partial charge >= 0.3 is 17.9 Å². The van der Waals surface area contributed by atoms with E-state index in [9.17, 15) is 14.4 Å². The summed E-state index contributed by atoms with van der Waals surface area (Å²) in [7, 11) is 0. The molecule has 1 unspecified atom stereocenters. The fourth-order valence-electron chi connectivity index (χ4n) is 10.5. The Morgan fingerprint density at radius 1 is 0.253 bits per heavy atom. The fourth-order valence-corrected chi connectivity index (χ4v) is 10.5. The Morgan fingerprint density at radius 3 is 0.696 bits per heavy atom. The lowest BCUT2D eigenvalue weighted by molar-refractivity contribution is -0.167. The third-order valence-corrected chi connectivity index (χ3v) is 15.8. The van der Waals surface area contributed by atoms with Gasteiger partial charge in [-0.05, 0) is 83.5 Å². The molecule has 0 aliphatic rings. The average molecular weight is 1110 g/mol. The summed E-state index contributed by atoms with van der Waals surface area (Å²) in [6, 6.07) is 0. The summed E-state index contributed by atoms with van der Waals surface area (Å²) >= 11 is 0. The minimum atomic E-state index is -0.770. The van der Waals surface area contributed by atoms with E-state index in [1.165, 1.54) is 263 Å². The maximum Gasteiger partial charge on any atom is 0.306 e. The van der Waals surface area contributed by atoms with E-state index in [0.717, 1.165) is 77.0 Å². The molecule has 0 aromatic carbocycles. The van der Waals surface area contributed by atoms with Crippen molar-refractivity contribution in [1.82, 2.24) is 0 Å². The minimum absolute atomic E-state index is 0.0706. The highest BCUT2D eigenvalue weighted by atomic mass is 16.6. The van der Waals surface area contributed by atoms with E-state index in [0.29, 0.717) is 19.3 Å². The van der Waals surface area contributed by atoms with Gasteiger partial charge in [-0.15, -0.1) is 0 Å². The zero-order valence-corrected chi connectivity index (χ0v) is 53.2. The largest absolute Gasteiger partial charge is 0.462 e. The highest BCUT2D eigenvalue weighted by Gasteiger charge is 2.19. The monoisotopic (exact) mass is 1110 g/mol. The molecule has 1 atom stereocenters. The molecule has 462 valence electrons. The van der Waals surface area contributed by atoms with Gasteiger partial charge in [0.15, 0.2) is 6.10 Å². The van der Waals surface area contributed by atoms with Crippen molar-refractivity contribution in [2.75, 3.05) is 13.2 Å². The Labute approximate surface area is 492 Å². The zero-order valence-electron chi connectivity index (χ0n) is 53.2. The summed E-state index contributed by atoms with van der Waals surface area (Å²) in [5.41, 5.74) is 0. The van der Waals surface area contributed by atoms with E-state index in [-0.39, 0.29) is 31.1 Å². The number of carbonyl (C=O) groups excluding carboxylic acids is 3. The van der Waals surface area contributed by atoms with Gasteiger partial charge in [-0.2, -0.15) is 0 Å². The number of carbonyl (C=O) groups is 3. The standard InChI is InChI=1S/C73H134O6/c1-4-7-10-13-15-17-19-21-23-25-27-29-30-31-32-33-34-35-36-37-38-39-40-41-42-44-45-47-49-51-53-55-57-60-63-66-72(75)78-69-70(68-77-71(74)65-62-59-12-9-6-3)79-73(76)67-64-61-58-56-54-52-50-48-46-43-28-26-24-22-20-18-16-14-11-8-5-2/h19-22,25-28,70H,4-18,23-24,29-69H2,1-3H3/b21-19-,22-20-,27-25-,28-26-. The van der Waals surface area contributed by atoms with Crippen LogP contribution in [0.2, 0.25) is 0 Å². The Morgan fingerprint density at radius 2 is 0.456 bits per heavy atom. The molecule has 0 saturated carbocycles. The molecule has 6 heteroatoms. The molecule has 0 radical (unpaired) electrons. The zero-order chi connectivity index (χ0) is 57.1. The first-order chi connectivity index (χ1) is 39.0. The van der Waals surface area contributed by atoms with Crippen molar-refractivity contribution in [1.29, 1.82) is 0 Å². The van der Waals surface area contributed by atoms with Crippen LogP contribution in [0.15, 0.2) is 48.6 Å². The average Bonchev–Trinajstić information content (AvgIpc) is 3.45. The third-order valence-electron chi connectivity index (χ3n) is 15.8. The van der Waals surface area contributed by atoms with E-state index in [4.69, 9.17) is 14.2 Å². The predicted octanol–water partition coefficient (Wildman–Crippen LogP) is 24.1. The summed E-state index contributed by atoms with van der Waals surface area (Å²) in [6.07, 6.45) is 86.3. The Kier molecular flexibility index (Phi) is 65.6. The first-order valence-electron chi connectivity index (χ1n) is 35.1. The summed E-state index contributed by atoms with van der Waals surface area (Å²) in [4.78, 5) is 38.0. The van der Waals surface area contributed by atoms with Crippen LogP contribution in [-0.4, -0.2) is 37.2 Å². The van der Waals surface area contributed by atoms with Gasteiger partial charge in [-0.3, -0.25) is 14.4 Å². The van der Waals surface area contributed by atoms with Crippen LogP contribution >= 0.6 is 0 Å². The molecular formula is C73H134O6. The van der Waals surface area contributed by atoms with Crippen molar-refractivity contribution in [3.8, 4) is 0 Å². The molecule has 0 spiro atoms. The number of hydrogen-bond acceptors (Lipinski definition) is 6. The second kappa shape index (κ2) is 67.9. The van der Waals surface area contributed by atoms with Crippen LogP contribution in [0.1, 0.15) is 380 Å². The molecular weight excluding hydrogens is 973 g/mol. The van der Waals surface area contributed by atoms with E-state index in [2.05, 4.69) is 69.4 Å². The van der Waals surface area contributed by atoms with Gasteiger partial charge in [-0.25, -0.2) is 0 Å². The maximum absolute atomic E-state index is 12.8. The fraction of sp³-hybridized carbons (Fsp3) is 0.849. The molecule has 6 nitrogen and oxygen atoms in total. The van der Waals surface area contributed by atoms with Gasteiger partial charge in [0.25, 0.3) is 0 Å². The Balaban J connectivity index is 3.89. The quantitative estimate of drug-likeness (QED) is 0.0261. The molecule has 0 aliphatic heterocycles. The molecule has 0 saturated heterocycles. The van der Waals surface area contributed by atoms with Gasteiger partial charge in [-0.1, -0.05) is 326 Å². The maximum atomic E-state index is 12.8. The van der Waals surface area contributed by atoms with Crippen LogP contribution in [0, 0.1) is 0 Å². The van der Waals surface area contributed by atoms with Crippen molar-refractivity contribution < 1.29 is 28.6 Å². The van der Waals surface area contributed by atoms with E-state index in [1.807, 2.05) is 0 Å². The van der Waals surface area contributed by atoms with E-state index < -0.39 is 6.10 Å². The number of hydrogen-bond donors (Lipinski definition) is 0. The van der Waals surface area contributed by atoms with E-state index in [1.54, 1.807) is 0 Å². The third kappa shape index (κ3) is 66.1. The molecule has 79 heavy (non-hydrogen) atoms. The summed E-state index contributed by atoms with van der Waals surface area (Å²) < 4.78 is 16.8. The summed E-state index contributed by atoms with van der Waals surface area (Å²) in [6.45, 7) is 6.58. The number of allylic oxidation sites excluding steroid dienone is 8. The van der Waals surface area contributed by atoms with Crippen molar-refractivity contribution in [2.45, 2.75) is 386 Å². The topological polar surface area (TPSA) is 78.9 Å². The van der Waals surface area contributed by atoms with Crippen LogP contribution in [-0.2, 0) is 28.6 Å². The number of rotatable bonds is 65. The minimum Gasteiger partial charge on any atom is -0.462 e. The first-order valence-corrected chi connectivity index (χ1v) is 35.1. The van der Waals surface area contributed by atoms with Crippen LogP contribution in [0.25, 0.3) is 0 Å². The Hall–Kier alpha value is -2.63. The van der Waals surface area contributed by atoms with Gasteiger partial charge < -0.3 is 14.2 Å². The second-order valence-electron chi connectivity index (χ2n) is 23.8. The molecule has 0 fully saturated rings. The molecule has 0 aromatic heterocycles. The van der Waals surface area contributed by atoms with Crippen molar-refractivity contribution in [3.63, 3.8) is 0 Å². The van der Waals surface area contributed by atoms with Gasteiger partial charge in [0.1, 0.15) is 13.2 Å². The summed E-state index contributed by atoms with van der Waals surface area (Å²) in [5, 5.41) is 0. The number of unbranched alkanes of at least 4 members (excludes halogenated alkanes) is 46. The summed E-state index contributed by atoms with van der Waals surface area (Å²) in [5.74, 6) is -0.868. The molecule has 0 bridgehead atoms. The lowest BCUT2D eigenvalue weighted by Gasteiger charge is -2.18. The van der Waals surface area contributed by atoms with Crippen LogP contribution in [0.5, 0.6) is 0 Å². The van der Waals surface area contributed by atoms with Crippen molar-refractivity contribution in [2.24, 2.45) is 0 Å². The molecule has 0 amide bonds. The van der Waals surface area contributed by atoms with Crippen LogP contribution in [0.4, 0.5) is 0 Å². The second-order valence-corrected chi connectivity index (χ2v) is 23.8. The van der Waals surface area contributed by atoms with Gasteiger partial charge in [0.05, 0.1) is 0 Å². The van der Waals surface area contributed by atoms with Gasteiger partial charge in [0.2, 0.25) is 0 Å². The normalized spacial score (nSPS) is 12.3. The molecule has 0 N–H and O–H groups in total. The number of ether oxygens (including phenoxy) is 3. The van der Waals surface area contributed by atoms with E-state index >= 15 is 0 Å². The molecule has 0 aliphatic carbocycles. The van der Waals surface area contributed by atoms with Crippen LogP contribution in [0.3, 0.4) is 0 Å². The SMILES string of the molecule is CCCCCCC/C=C\C/C=C\CCCCCCCCCCCCCCCCCCCCCCCCCC(=O)OCC(COC(=O)CCCCCCC)OC(=O)CCCCCCCCCCC/C=C\C/C=C\CCCCCCC. The lowest BCUT2D eigenvalue weighted by Crippen LogP contribution is -2.30. The highest BCUT2D eigenvalue weighted by Crippen LogP contribution is 2.18. The molecule has 0 heterocycles. The predicted molar refractivity (Wildman–Crippen MR) is 344 cm³/mol. The number of esters is 3. The lowest BCUT2D eigenvalue weighted by atomic mass is 10.0. The highest BCUT2D eigenvalue weighted by molar-refractivity contribution is 5.71. The molecule has 0 rings (SSSR count). The van der Waals surface area contributed by atoms with Crippen molar-refractivity contribution >= 4 is 17.9 Å².